The van der Waals surface area contributed by atoms with Gasteiger partial charge < -0.3 is 24.0 Å². The molecule has 5 heterocycles. The standard InChI is InChI=1S/C91H66B2N4O/c1-90(2,3)60-51-69(57-29-10-6-11-30-57)89(70(52-60)58-31-12-7-13-32-58)97-80-56-84-75(55-74(80)92-72-43-22-26-47-78(72)95(62-35-16-9-17-36-62)82-53-63(54-83(97)87(82)92)96-76-45-24-19-38-66(76)67-39-20-25-46-77(67)96)93-73-44-23-27-48-79(73)94(61-33-14-8-15-34-61)81-49-59(50-85(98-84)88(81)93)64-40-28-41-68-65-37-18-21-42-71(65)91(4,5)86(64)68/h6-56H,1-5H3/i19D,20D,24D,25D,38D,39D,45D,46D. The van der Waals surface area contributed by atoms with E-state index in [-0.39, 0.29) is 51.4 Å². The van der Waals surface area contributed by atoms with E-state index in [9.17, 15) is 8.22 Å². The molecule has 1 aliphatic carbocycles. The number of rotatable bonds is 7. The molecule has 0 bridgehead atoms. The van der Waals surface area contributed by atoms with Crippen LogP contribution in [0.4, 0.5) is 51.2 Å². The van der Waals surface area contributed by atoms with Crippen LogP contribution < -0.4 is 52.2 Å². The molecule has 0 fully saturated rings. The topological polar surface area (TPSA) is 23.9 Å². The van der Waals surface area contributed by atoms with Crippen molar-refractivity contribution in [1.29, 1.82) is 0 Å². The van der Waals surface area contributed by atoms with Crippen molar-refractivity contribution < 1.29 is 15.7 Å². The molecule has 0 unspecified atom stereocenters. The van der Waals surface area contributed by atoms with E-state index in [1.165, 1.54) is 22.3 Å². The molecule has 0 atom stereocenters. The first kappa shape index (κ1) is 48.8. The molecule has 20 rings (SSSR count). The molecule has 462 valence electrons. The van der Waals surface area contributed by atoms with Crippen LogP contribution in [0.15, 0.2) is 309 Å². The van der Waals surface area contributed by atoms with Gasteiger partial charge >= 0.3 is 0 Å². The normalized spacial score (nSPS) is 15.2. The van der Waals surface area contributed by atoms with E-state index in [4.69, 9.17) is 7.48 Å². The fourth-order valence-corrected chi connectivity index (χ4v) is 17.1. The molecule has 0 spiro atoms. The van der Waals surface area contributed by atoms with Gasteiger partial charge in [-0.2, -0.15) is 0 Å². The molecule has 0 radical (unpaired) electrons. The zero-order valence-corrected chi connectivity index (χ0v) is 54.7. The molecule has 14 aromatic carbocycles. The van der Waals surface area contributed by atoms with E-state index >= 15 is 0 Å². The summed E-state index contributed by atoms with van der Waals surface area (Å²) in [5, 5.41) is -0.00517. The summed E-state index contributed by atoms with van der Waals surface area (Å²) in [4.78, 5) is 7.13. The first-order valence-corrected chi connectivity index (χ1v) is 33.8. The van der Waals surface area contributed by atoms with Gasteiger partial charge in [-0.25, -0.2) is 0 Å². The van der Waals surface area contributed by atoms with Gasteiger partial charge in [0.2, 0.25) is 0 Å². The van der Waals surface area contributed by atoms with Crippen molar-refractivity contribution >= 4 is 119 Å². The third-order valence-corrected chi connectivity index (χ3v) is 21.3. The number of benzene rings is 14. The van der Waals surface area contributed by atoms with Gasteiger partial charge in [-0.15, -0.1) is 0 Å². The van der Waals surface area contributed by atoms with Crippen molar-refractivity contribution in [3.8, 4) is 61.7 Å². The fraction of sp³-hybridized carbons (Fsp3) is 0.0769. The van der Waals surface area contributed by atoms with Gasteiger partial charge in [0, 0.05) is 78.9 Å². The van der Waals surface area contributed by atoms with E-state index in [0.29, 0.717) is 11.4 Å². The Bertz CT molecular complexity index is 6200. The molecular weight excluding hydrogens is 1190 g/mol. The van der Waals surface area contributed by atoms with Gasteiger partial charge in [-0.3, -0.25) is 0 Å². The maximum atomic E-state index is 9.95. The lowest BCUT2D eigenvalue weighted by Gasteiger charge is -2.46. The van der Waals surface area contributed by atoms with Crippen molar-refractivity contribution in [1.82, 2.24) is 4.57 Å². The summed E-state index contributed by atoms with van der Waals surface area (Å²) in [5.74, 6) is 1.42. The number of para-hydroxylation sites is 6. The minimum Gasteiger partial charge on any atom is -0.458 e. The SMILES string of the molecule is [2H]c1c([2H])c([2H])c2c(c1[2H])c1c([2H])c([2H])c([2H])c([2H])c1n2-c1cc2c3c(c1)N(c1c(-c4ccccc4)cc(C(C)(C)C)cc1-c1ccccc1)c1cc4c(cc1B3c1ccccc1N2c1ccccc1)B1c2ccccc2N(c2ccccc2)c2cc(-c3cccc5c3C(C)(C)c3ccccc3-5)cc(c21)O4. The van der Waals surface area contributed by atoms with Crippen molar-refractivity contribution in [3.63, 3.8) is 0 Å². The summed E-state index contributed by atoms with van der Waals surface area (Å²) < 4.78 is 85.8. The Morgan fingerprint density at radius 3 is 1.47 bits per heavy atom. The lowest BCUT2D eigenvalue weighted by molar-refractivity contribution is 0.488. The third-order valence-electron chi connectivity index (χ3n) is 21.3. The lowest BCUT2D eigenvalue weighted by atomic mass is 9.30. The molecule has 15 aromatic rings. The Balaban J connectivity index is 0.950. The molecule has 5 aliphatic rings. The van der Waals surface area contributed by atoms with Crippen LogP contribution in [0.2, 0.25) is 0 Å². The quantitative estimate of drug-likeness (QED) is 0.148. The van der Waals surface area contributed by atoms with Crippen molar-refractivity contribution in [2.75, 3.05) is 14.7 Å². The molecule has 0 amide bonds. The summed E-state index contributed by atoms with van der Waals surface area (Å²) in [6, 6.07) is 89.8. The summed E-state index contributed by atoms with van der Waals surface area (Å²) in [6.45, 7) is 10.6. The number of anilines is 9. The highest BCUT2D eigenvalue weighted by Crippen LogP contribution is 2.56. The highest BCUT2D eigenvalue weighted by Gasteiger charge is 2.49. The Labute approximate surface area is 584 Å². The van der Waals surface area contributed by atoms with E-state index in [0.717, 1.165) is 129 Å². The van der Waals surface area contributed by atoms with Crippen LogP contribution in [0.5, 0.6) is 11.5 Å². The van der Waals surface area contributed by atoms with Crippen molar-refractivity contribution in [2.24, 2.45) is 0 Å². The number of hydrogen-bond acceptors (Lipinski definition) is 4. The Morgan fingerprint density at radius 1 is 0.367 bits per heavy atom. The summed E-state index contributed by atoms with van der Waals surface area (Å²) in [6.07, 6.45) is 0. The van der Waals surface area contributed by atoms with E-state index in [2.05, 4.69) is 280 Å². The van der Waals surface area contributed by atoms with Gasteiger partial charge in [0.05, 0.1) is 33.4 Å². The molecule has 0 saturated carbocycles. The maximum Gasteiger partial charge on any atom is 0.256 e. The van der Waals surface area contributed by atoms with Crippen molar-refractivity contribution in [2.45, 2.75) is 45.4 Å². The van der Waals surface area contributed by atoms with Crippen LogP contribution in [0.25, 0.3) is 72.0 Å². The average Bonchev–Trinajstić information content (AvgIpc) is 1.02. The van der Waals surface area contributed by atoms with Crippen LogP contribution in [0.1, 0.15) is 62.3 Å². The number of fused-ring (bicyclic) bond motifs is 14. The first-order valence-electron chi connectivity index (χ1n) is 37.8. The Morgan fingerprint density at radius 2 is 0.867 bits per heavy atom. The minimum absolute atomic E-state index is 0.00259. The highest BCUT2D eigenvalue weighted by atomic mass is 16.5. The van der Waals surface area contributed by atoms with Gasteiger partial charge in [0.25, 0.3) is 13.4 Å². The highest BCUT2D eigenvalue weighted by molar-refractivity contribution is 7.02. The molecule has 98 heavy (non-hydrogen) atoms. The summed E-state index contributed by atoms with van der Waals surface area (Å²) in [7, 11) is 0. The molecule has 7 heteroatoms. The van der Waals surface area contributed by atoms with Crippen LogP contribution in [-0.4, -0.2) is 18.0 Å². The predicted molar refractivity (Wildman–Crippen MR) is 413 cm³/mol. The van der Waals surface area contributed by atoms with E-state index < -0.39 is 43.0 Å². The fourth-order valence-electron chi connectivity index (χ4n) is 17.1. The minimum atomic E-state index is -0.507. The second-order valence-electron chi connectivity index (χ2n) is 28.1. The Kier molecular flexibility index (Phi) is 10.5. The van der Waals surface area contributed by atoms with Crippen LogP contribution in [0, 0.1) is 0 Å². The third kappa shape index (κ3) is 8.17. The average molecular weight is 1260 g/mol. The number of hydrogen-bond donors (Lipinski definition) is 0. The van der Waals surface area contributed by atoms with Crippen LogP contribution >= 0.6 is 0 Å². The monoisotopic (exact) mass is 1260 g/mol. The Hall–Kier alpha value is -11.8. The zero-order chi connectivity index (χ0) is 72.2. The molecule has 4 aliphatic heterocycles. The van der Waals surface area contributed by atoms with Gasteiger partial charge in [0.15, 0.2) is 0 Å². The zero-order valence-electron chi connectivity index (χ0n) is 62.7. The number of nitrogens with zero attached hydrogens (tertiary/aromatic N) is 4. The number of ether oxygens (including phenoxy) is 1. The smallest absolute Gasteiger partial charge is 0.256 e. The van der Waals surface area contributed by atoms with Crippen molar-refractivity contribution in [3.05, 3.63) is 326 Å². The molecule has 0 N–H and O–H groups in total. The largest absolute Gasteiger partial charge is 0.458 e. The summed E-state index contributed by atoms with van der Waals surface area (Å²) in [5.41, 5.74) is 26.2. The lowest BCUT2D eigenvalue weighted by Crippen LogP contribution is -2.64. The van der Waals surface area contributed by atoms with E-state index in [1.807, 2.05) is 30.3 Å². The molecule has 1 aromatic heterocycles. The first-order chi connectivity index (χ1) is 51.4. The molecular formula is C91H66B2N4O. The summed E-state index contributed by atoms with van der Waals surface area (Å²) >= 11 is 0. The van der Waals surface area contributed by atoms with Gasteiger partial charge in [-0.05, 0) is 173 Å². The van der Waals surface area contributed by atoms with Gasteiger partial charge in [-0.1, -0.05) is 253 Å². The maximum absolute atomic E-state index is 9.95. The molecule has 5 nitrogen and oxygen atoms in total. The van der Waals surface area contributed by atoms with E-state index in [1.54, 1.807) is 4.57 Å². The second-order valence-corrected chi connectivity index (χ2v) is 28.1. The number of aromatic nitrogens is 1. The second kappa shape index (κ2) is 21.1. The van der Waals surface area contributed by atoms with Gasteiger partial charge in [0.1, 0.15) is 11.5 Å². The predicted octanol–water partition coefficient (Wildman–Crippen LogP) is 19.9. The van der Waals surface area contributed by atoms with Crippen LogP contribution in [0.3, 0.4) is 0 Å². The molecule has 0 saturated heterocycles. The van der Waals surface area contributed by atoms with Crippen LogP contribution in [-0.2, 0) is 10.8 Å².